The highest BCUT2D eigenvalue weighted by atomic mass is 19.1. The minimum Gasteiger partial charge on any atom is -0.489 e. The second-order valence-electron chi connectivity index (χ2n) is 4.83. The molecule has 0 saturated heterocycles. The molecule has 108 valence electrons. The Morgan fingerprint density at radius 3 is 2.70 bits per heavy atom. The molecule has 0 spiro atoms. The lowest BCUT2D eigenvalue weighted by molar-refractivity contribution is -0.141. The van der Waals surface area contributed by atoms with Gasteiger partial charge in [-0.3, -0.25) is 9.59 Å². The number of carbonyl (C=O) groups excluding carboxylic acids is 1. The third kappa shape index (κ3) is 3.26. The summed E-state index contributed by atoms with van der Waals surface area (Å²) in [6, 6.07) is 6.04. The van der Waals surface area contributed by atoms with Gasteiger partial charge >= 0.3 is 5.97 Å². The summed E-state index contributed by atoms with van der Waals surface area (Å²) < 4.78 is 18.5. The topological polar surface area (TPSA) is 66.8 Å². The first-order chi connectivity index (χ1) is 9.50. The normalized spacial score (nSPS) is 20.3. The van der Waals surface area contributed by atoms with Crippen molar-refractivity contribution >= 4 is 11.9 Å². The molecule has 1 aliphatic rings. The Kier molecular flexibility index (Phi) is 4.22. The van der Waals surface area contributed by atoms with Crippen molar-refractivity contribution in [3.63, 3.8) is 0 Å². The average molecular weight is 281 g/mol. The molecule has 6 heteroatoms. The minimum atomic E-state index is -0.931. The molecular formula is C14H16FNO4. The Morgan fingerprint density at radius 2 is 2.10 bits per heavy atom. The van der Waals surface area contributed by atoms with Crippen LogP contribution in [0.15, 0.2) is 24.3 Å². The molecule has 1 aromatic rings. The Bertz CT molecular complexity index is 520. The number of aliphatic carboxylic acids is 1. The number of benzene rings is 1. The van der Waals surface area contributed by atoms with E-state index >= 15 is 0 Å². The van der Waals surface area contributed by atoms with Gasteiger partial charge in [0.1, 0.15) is 6.61 Å². The summed E-state index contributed by atoms with van der Waals surface area (Å²) in [4.78, 5) is 24.0. The molecule has 2 atom stereocenters. The standard InChI is InChI=1S/C14H16FNO4/c1-16(13(17)9-8-10(9)14(18)19)6-7-20-12-5-3-2-4-11(12)15/h2-5,9-10H,6-8H2,1H3,(H,18,19)/t9-,10+/m1/s1. The van der Waals surface area contributed by atoms with Crippen molar-refractivity contribution in [2.45, 2.75) is 6.42 Å². The number of amides is 1. The number of ether oxygens (including phenoxy) is 1. The van der Waals surface area contributed by atoms with Crippen LogP contribution in [0.25, 0.3) is 0 Å². The number of halogens is 1. The van der Waals surface area contributed by atoms with Crippen molar-refractivity contribution in [3.05, 3.63) is 30.1 Å². The van der Waals surface area contributed by atoms with Gasteiger partial charge in [0.25, 0.3) is 0 Å². The zero-order valence-corrected chi connectivity index (χ0v) is 11.1. The van der Waals surface area contributed by atoms with Crippen molar-refractivity contribution in [1.29, 1.82) is 0 Å². The Balaban J connectivity index is 1.76. The highest BCUT2D eigenvalue weighted by Gasteiger charge is 2.49. The summed E-state index contributed by atoms with van der Waals surface area (Å²) in [5.74, 6) is -2.42. The molecule has 0 bridgehead atoms. The van der Waals surface area contributed by atoms with Gasteiger partial charge in [0.15, 0.2) is 11.6 Å². The van der Waals surface area contributed by atoms with E-state index in [2.05, 4.69) is 0 Å². The highest BCUT2D eigenvalue weighted by molar-refractivity contribution is 5.89. The number of likely N-dealkylation sites (N-methyl/N-ethyl adjacent to an activating group) is 1. The van der Waals surface area contributed by atoms with Crippen LogP contribution in [0.2, 0.25) is 0 Å². The van der Waals surface area contributed by atoms with Crippen molar-refractivity contribution < 1.29 is 23.8 Å². The van der Waals surface area contributed by atoms with E-state index in [0.717, 1.165) is 0 Å². The molecule has 1 aliphatic carbocycles. The fourth-order valence-corrected chi connectivity index (χ4v) is 1.99. The van der Waals surface area contributed by atoms with Crippen LogP contribution in [-0.2, 0) is 9.59 Å². The number of carboxylic acids is 1. The summed E-state index contributed by atoms with van der Waals surface area (Å²) >= 11 is 0. The van der Waals surface area contributed by atoms with Gasteiger partial charge in [-0.1, -0.05) is 12.1 Å². The lowest BCUT2D eigenvalue weighted by Gasteiger charge is -2.17. The molecule has 1 amide bonds. The van der Waals surface area contributed by atoms with Crippen LogP contribution >= 0.6 is 0 Å². The highest BCUT2D eigenvalue weighted by Crippen LogP contribution is 2.39. The summed E-state index contributed by atoms with van der Waals surface area (Å²) in [6.45, 7) is 0.448. The monoisotopic (exact) mass is 281 g/mol. The van der Waals surface area contributed by atoms with Crippen LogP contribution < -0.4 is 4.74 Å². The van der Waals surface area contributed by atoms with E-state index in [-0.39, 0.29) is 24.8 Å². The van der Waals surface area contributed by atoms with Crippen LogP contribution in [0.5, 0.6) is 5.75 Å². The van der Waals surface area contributed by atoms with Crippen LogP contribution in [-0.4, -0.2) is 42.1 Å². The van der Waals surface area contributed by atoms with E-state index in [1.54, 1.807) is 19.2 Å². The third-order valence-electron chi connectivity index (χ3n) is 3.32. The molecular weight excluding hydrogens is 265 g/mol. The Morgan fingerprint density at radius 1 is 1.40 bits per heavy atom. The zero-order valence-electron chi connectivity index (χ0n) is 11.1. The van der Waals surface area contributed by atoms with Gasteiger partial charge in [-0.25, -0.2) is 4.39 Å². The van der Waals surface area contributed by atoms with Crippen LogP contribution in [0.1, 0.15) is 6.42 Å². The number of carboxylic acid groups (broad SMARTS) is 1. The SMILES string of the molecule is CN(CCOc1ccccc1F)C(=O)[C@@H]1C[C@@H]1C(=O)O. The van der Waals surface area contributed by atoms with Gasteiger partial charge in [0.05, 0.1) is 18.4 Å². The number of hydrogen-bond acceptors (Lipinski definition) is 3. The molecule has 20 heavy (non-hydrogen) atoms. The molecule has 1 fully saturated rings. The summed E-state index contributed by atoms with van der Waals surface area (Å²) in [5, 5.41) is 8.77. The molecule has 1 aromatic carbocycles. The van der Waals surface area contributed by atoms with E-state index in [9.17, 15) is 14.0 Å². The molecule has 0 heterocycles. The average Bonchev–Trinajstić information content (AvgIpc) is 3.20. The quantitative estimate of drug-likeness (QED) is 0.855. The first-order valence-electron chi connectivity index (χ1n) is 6.36. The molecule has 0 unspecified atom stereocenters. The number of nitrogens with zero attached hydrogens (tertiary/aromatic N) is 1. The van der Waals surface area contributed by atoms with Crippen LogP contribution in [0.3, 0.4) is 0 Å². The van der Waals surface area contributed by atoms with Gasteiger partial charge in [0.2, 0.25) is 5.91 Å². The zero-order chi connectivity index (χ0) is 14.7. The van der Waals surface area contributed by atoms with Gasteiger partial charge in [-0.15, -0.1) is 0 Å². The molecule has 1 saturated carbocycles. The number of hydrogen-bond donors (Lipinski definition) is 1. The van der Waals surface area contributed by atoms with E-state index < -0.39 is 23.6 Å². The van der Waals surface area contributed by atoms with Gasteiger partial charge in [-0.05, 0) is 18.6 Å². The first kappa shape index (κ1) is 14.3. The van der Waals surface area contributed by atoms with Crippen molar-refractivity contribution in [2.75, 3.05) is 20.2 Å². The fourth-order valence-electron chi connectivity index (χ4n) is 1.99. The molecule has 1 N–H and O–H groups in total. The molecule has 2 rings (SSSR count). The fraction of sp³-hybridized carbons (Fsp3) is 0.429. The van der Waals surface area contributed by atoms with E-state index in [0.29, 0.717) is 6.42 Å². The summed E-state index contributed by atoms with van der Waals surface area (Å²) in [7, 11) is 1.59. The lowest BCUT2D eigenvalue weighted by atomic mass is 10.3. The van der Waals surface area contributed by atoms with E-state index in [4.69, 9.17) is 9.84 Å². The number of para-hydroxylation sites is 1. The predicted octanol–water partition coefficient (Wildman–Crippen LogP) is 1.38. The summed E-state index contributed by atoms with van der Waals surface area (Å²) in [6.07, 6.45) is 0.396. The van der Waals surface area contributed by atoms with Gasteiger partial charge in [0, 0.05) is 7.05 Å². The maximum atomic E-state index is 13.3. The third-order valence-corrected chi connectivity index (χ3v) is 3.32. The molecule has 5 nitrogen and oxygen atoms in total. The maximum Gasteiger partial charge on any atom is 0.307 e. The minimum absolute atomic E-state index is 0.142. The first-order valence-corrected chi connectivity index (χ1v) is 6.36. The molecule has 0 aliphatic heterocycles. The largest absolute Gasteiger partial charge is 0.489 e. The van der Waals surface area contributed by atoms with Crippen LogP contribution in [0, 0.1) is 17.7 Å². The van der Waals surface area contributed by atoms with E-state index in [1.807, 2.05) is 0 Å². The van der Waals surface area contributed by atoms with E-state index in [1.165, 1.54) is 17.0 Å². The van der Waals surface area contributed by atoms with Crippen molar-refractivity contribution in [2.24, 2.45) is 11.8 Å². The molecule has 0 radical (unpaired) electrons. The second-order valence-corrected chi connectivity index (χ2v) is 4.83. The van der Waals surface area contributed by atoms with Crippen molar-refractivity contribution in [1.82, 2.24) is 4.90 Å². The number of carbonyl (C=O) groups is 2. The van der Waals surface area contributed by atoms with Gasteiger partial charge < -0.3 is 14.7 Å². The predicted molar refractivity (Wildman–Crippen MR) is 68.8 cm³/mol. The lowest BCUT2D eigenvalue weighted by Crippen LogP contribution is -2.32. The number of rotatable bonds is 6. The smallest absolute Gasteiger partial charge is 0.307 e. The van der Waals surface area contributed by atoms with Crippen molar-refractivity contribution in [3.8, 4) is 5.75 Å². The summed E-state index contributed by atoms with van der Waals surface area (Å²) in [5.41, 5.74) is 0. The second kappa shape index (κ2) is 5.90. The van der Waals surface area contributed by atoms with Crippen LogP contribution in [0.4, 0.5) is 4.39 Å². The van der Waals surface area contributed by atoms with Gasteiger partial charge in [-0.2, -0.15) is 0 Å². The Hall–Kier alpha value is -2.11. The molecule has 0 aromatic heterocycles. The Labute approximate surface area is 116 Å². The maximum absolute atomic E-state index is 13.3.